The maximum Gasteiger partial charge on any atom is 0.293 e. The molecule has 0 bridgehead atoms. The van der Waals surface area contributed by atoms with Crippen molar-refractivity contribution in [2.75, 3.05) is 13.1 Å². The van der Waals surface area contributed by atoms with Gasteiger partial charge in [-0.3, -0.25) is 9.59 Å². The third kappa shape index (κ3) is 3.33. The number of carbonyl (C=O) groups is 2. The predicted molar refractivity (Wildman–Crippen MR) is 97.8 cm³/mol. The molecule has 3 aromatic rings. The number of hydrogen-bond donors (Lipinski definition) is 1. The fraction of sp³-hybridized carbons (Fsp3) is 0.222. The molecular formula is C18H16FN5O2S. The molecule has 2 aromatic heterocycles. The lowest BCUT2D eigenvalue weighted by atomic mass is 10.1. The second-order valence-electron chi connectivity index (χ2n) is 6.26. The molecule has 1 atom stereocenters. The van der Waals surface area contributed by atoms with Crippen LogP contribution in [-0.4, -0.2) is 44.6 Å². The van der Waals surface area contributed by atoms with Crippen molar-refractivity contribution in [1.82, 2.24) is 19.7 Å². The van der Waals surface area contributed by atoms with Crippen molar-refractivity contribution >= 4 is 23.2 Å². The van der Waals surface area contributed by atoms with Gasteiger partial charge in [-0.05, 0) is 42.1 Å². The van der Waals surface area contributed by atoms with Crippen LogP contribution in [0.3, 0.4) is 0 Å². The number of amides is 2. The fourth-order valence-electron chi connectivity index (χ4n) is 3.05. The van der Waals surface area contributed by atoms with Crippen LogP contribution in [0.15, 0.2) is 41.8 Å². The van der Waals surface area contributed by atoms with Crippen LogP contribution < -0.4 is 5.73 Å². The summed E-state index contributed by atoms with van der Waals surface area (Å²) < 4.78 is 14.8. The van der Waals surface area contributed by atoms with Crippen LogP contribution in [0.5, 0.6) is 0 Å². The van der Waals surface area contributed by atoms with E-state index in [1.165, 1.54) is 33.1 Å². The highest BCUT2D eigenvalue weighted by molar-refractivity contribution is 7.13. The van der Waals surface area contributed by atoms with Gasteiger partial charge in [0.2, 0.25) is 11.7 Å². The molecule has 0 aliphatic carbocycles. The maximum absolute atomic E-state index is 13.3. The van der Waals surface area contributed by atoms with Crippen molar-refractivity contribution in [3.8, 4) is 16.4 Å². The fourth-order valence-corrected chi connectivity index (χ4v) is 3.75. The first-order valence-electron chi connectivity index (χ1n) is 8.38. The molecule has 0 spiro atoms. The second kappa shape index (κ2) is 6.92. The summed E-state index contributed by atoms with van der Waals surface area (Å²) in [5.74, 6) is -0.919. The van der Waals surface area contributed by atoms with Crippen molar-refractivity contribution in [2.24, 2.45) is 11.7 Å². The Kier molecular flexibility index (Phi) is 4.44. The molecule has 2 amide bonds. The zero-order valence-corrected chi connectivity index (χ0v) is 15.0. The number of halogens is 1. The maximum atomic E-state index is 13.3. The molecule has 138 valence electrons. The van der Waals surface area contributed by atoms with Crippen LogP contribution in [0.2, 0.25) is 0 Å². The van der Waals surface area contributed by atoms with E-state index in [-0.39, 0.29) is 30.0 Å². The minimum atomic E-state index is -0.408. The van der Waals surface area contributed by atoms with Crippen LogP contribution in [0.1, 0.15) is 17.0 Å². The van der Waals surface area contributed by atoms with Crippen molar-refractivity contribution in [3.63, 3.8) is 0 Å². The Labute approximate surface area is 158 Å². The zero-order chi connectivity index (χ0) is 19.0. The Bertz CT molecular complexity index is 984. The summed E-state index contributed by atoms with van der Waals surface area (Å²) in [4.78, 5) is 31.0. The van der Waals surface area contributed by atoms with Crippen molar-refractivity contribution in [3.05, 3.63) is 53.4 Å². The number of nitrogens with two attached hydrogens (primary N) is 1. The zero-order valence-electron chi connectivity index (χ0n) is 14.2. The van der Waals surface area contributed by atoms with Gasteiger partial charge in [0.05, 0.1) is 16.5 Å². The quantitative estimate of drug-likeness (QED) is 0.744. The first kappa shape index (κ1) is 17.3. The van der Waals surface area contributed by atoms with Crippen molar-refractivity contribution in [2.45, 2.75) is 6.42 Å². The number of aromatic nitrogens is 3. The van der Waals surface area contributed by atoms with E-state index in [9.17, 15) is 14.0 Å². The summed E-state index contributed by atoms with van der Waals surface area (Å²) in [7, 11) is 0. The number of benzene rings is 1. The minimum absolute atomic E-state index is 0.0350. The SMILES string of the molecule is NC(=O)[C@H]1CCN(C(=O)c2nc(-c3cccs3)n(-c3ccc(F)cc3)n2)C1. The third-order valence-corrected chi connectivity index (χ3v) is 5.35. The molecule has 3 heterocycles. The van der Waals surface area contributed by atoms with Crippen molar-refractivity contribution in [1.29, 1.82) is 0 Å². The standard InChI is InChI=1S/C18H16FN5O2S/c19-12-3-5-13(6-4-12)24-17(14-2-1-9-27-14)21-16(22-24)18(26)23-8-7-11(10-23)15(20)25/h1-6,9,11H,7-8,10H2,(H2,20,25)/t11-/m0/s1. The summed E-state index contributed by atoms with van der Waals surface area (Å²) in [5.41, 5.74) is 5.94. The van der Waals surface area contributed by atoms with Gasteiger partial charge in [-0.15, -0.1) is 16.4 Å². The Morgan fingerprint density at radius 2 is 2.00 bits per heavy atom. The Morgan fingerprint density at radius 1 is 1.22 bits per heavy atom. The first-order chi connectivity index (χ1) is 13.0. The number of rotatable bonds is 4. The number of carbonyl (C=O) groups excluding carboxylic acids is 2. The van der Waals surface area contributed by atoms with Gasteiger partial charge < -0.3 is 10.6 Å². The molecule has 0 unspecified atom stereocenters. The van der Waals surface area contributed by atoms with E-state index in [0.717, 1.165) is 4.88 Å². The van der Waals surface area contributed by atoms with Crippen LogP contribution in [0, 0.1) is 11.7 Å². The lowest BCUT2D eigenvalue weighted by molar-refractivity contribution is -0.121. The summed E-state index contributed by atoms with van der Waals surface area (Å²) in [5, 5.41) is 6.26. The number of nitrogens with zero attached hydrogens (tertiary/aromatic N) is 4. The van der Waals surface area contributed by atoms with Gasteiger partial charge in [0.1, 0.15) is 5.82 Å². The Hall–Kier alpha value is -3.07. The summed E-state index contributed by atoms with van der Waals surface area (Å²) in [6.45, 7) is 0.708. The predicted octanol–water partition coefficient (Wildman–Crippen LogP) is 2.08. The van der Waals surface area contributed by atoms with E-state index in [4.69, 9.17) is 5.73 Å². The molecule has 1 aliphatic heterocycles. The Morgan fingerprint density at radius 3 is 2.63 bits per heavy atom. The topological polar surface area (TPSA) is 94.1 Å². The number of primary amides is 1. The molecule has 7 nitrogen and oxygen atoms in total. The van der Waals surface area contributed by atoms with Crippen molar-refractivity contribution < 1.29 is 14.0 Å². The minimum Gasteiger partial charge on any atom is -0.369 e. The van der Waals surface area contributed by atoms with E-state index >= 15 is 0 Å². The highest BCUT2D eigenvalue weighted by Crippen LogP contribution is 2.26. The van der Waals surface area contributed by atoms with Gasteiger partial charge in [-0.25, -0.2) is 14.1 Å². The average molecular weight is 385 g/mol. The number of thiophene rings is 1. The van der Waals surface area contributed by atoms with Gasteiger partial charge in [0.25, 0.3) is 5.91 Å². The number of hydrogen-bond acceptors (Lipinski definition) is 5. The molecule has 4 rings (SSSR count). The second-order valence-corrected chi connectivity index (χ2v) is 7.21. The normalized spacial score (nSPS) is 16.6. The molecule has 2 N–H and O–H groups in total. The molecule has 9 heteroatoms. The lowest BCUT2D eigenvalue weighted by Gasteiger charge is -2.13. The van der Waals surface area contributed by atoms with Crippen LogP contribution in [0.4, 0.5) is 4.39 Å². The molecule has 0 saturated carbocycles. The van der Waals surface area contributed by atoms with E-state index in [2.05, 4.69) is 10.1 Å². The van der Waals surface area contributed by atoms with Gasteiger partial charge in [0.15, 0.2) is 5.82 Å². The highest BCUT2D eigenvalue weighted by Gasteiger charge is 2.32. The summed E-state index contributed by atoms with van der Waals surface area (Å²) in [6, 6.07) is 9.57. The highest BCUT2D eigenvalue weighted by atomic mass is 32.1. The molecule has 1 saturated heterocycles. The Balaban J connectivity index is 1.70. The largest absolute Gasteiger partial charge is 0.369 e. The van der Waals surface area contributed by atoms with Crippen LogP contribution in [0.25, 0.3) is 16.4 Å². The first-order valence-corrected chi connectivity index (χ1v) is 9.26. The monoisotopic (exact) mass is 385 g/mol. The molecule has 1 aliphatic rings. The molecule has 1 aromatic carbocycles. The molecule has 27 heavy (non-hydrogen) atoms. The van der Waals surface area contributed by atoms with Gasteiger partial charge >= 0.3 is 0 Å². The van der Waals surface area contributed by atoms with E-state index in [1.54, 1.807) is 12.1 Å². The van der Waals surface area contributed by atoms with Crippen LogP contribution in [-0.2, 0) is 4.79 Å². The summed E-state index contributed by atoms with van der Waals surface area (Å²) >= 11 is 1.47. The summed E-state index contributed by atoms with van der Waals surface area (Å²) in [6.07, 6.45) is 0.539. The van der Waals surface area contributed by atoms with Gasteiger partial charge in [-0.1, -0.05) is 6.07 Å². The molecule has 1 fully saturated rings. The molecular weight excluding hydrogens is 369 g/mol. The van der Waals surface area contributed by atoms with E-state index in [1.807, 2.05) is 17.5 Å². The van der Waals surface area contributed by atoms with Gasteiger partial charge in [0, 0.05) is 13.1 Å². The van der Waals surface area contributed by atoms with E-state index < -0.39 is 5.91 Å². The van der Waals surface area contributed by atoms with Crippen LogP contribution >= 0.6 is 11.3 Å². The third-order valence-electron chi connectivity index (χ3n) is 4.49. The average Bonchev–Trinajstić information content (AvgIpc) is 3.40. The number of likely N-dealkylation sites (tertiary alicyclic amines) is 1. The van der Waals surface area contributed by atoms with E-state index in [0.29, 0.717) is 24.5 Å². The van der Waals surface area contributed by atoms with Gasteiger partial charge in [-0.2, -0.15) is 0 Å². The smallest absolute Gasteiger partial charge is 0.293 e. The lowest BCUT2D eigenvalue weighted by Crippen LogP contribution is -2.32. The molecule has 0 radical (unpaired) electrons.